The summed E-state index contributed by atoms with van der Waals surface area (Å²) in [6, 6.07) is 9.63. The molecule has 0 radical (unpaired) electrons. The Morgan fingerprint density at radius 2 is 1.77 bits per heavy atom. The van der Waals surface area contributed by atoms with Crippen molar-refractivity contribution < 1.29 is 26.8 Å². The Bertz CT molecular complexity index is 1270. The van der Waals surface area contributed by atoms with Crippen LogP contribution in [-0.4, -0.2) is 60.9 Å². The van der Waals surface area contributed by atoms with Crippen LogP contribution in [0.5, 0.6) is 5.75 Å². The van der Waals surface area contributed by atoms with Crippen LogP contribution in [0.2, 0.25) is 0 Å². The number of oxazole rings is 1. The summed E-state index contributed by atoms with van der Waals surface area (Å²) < 4.78 is 51.9. The molecular weight excluding hydrogens is 429 g/mol. The largest absolute Gasteiger partial charge is 0.484 e. The van der Waals surface area contributed by atoms with Crippen LogP contribution in [0.3, 0.4) is 0 Å². The summed E-state index contributed by atoms with van der Waals surface area (Å²) in [6.07, 6.45) is 0. The van der Waals surface area contributed by atoms with Gasteiger partial charge < -0.3 is 14.1 Å². The Hall–Kier alpha value is -3.18. The summed E-state index contributed by atoms with van der Waals surface area (Å²) >= 11 is 0. The molecule has 1 aliphatic heterocycles. The molecule has 1 amide bonds. The molecule has 0 N–H and O–H groups in total. The molecule has 0 aliphatic carbocycles. The number of sulfonamides is 1. The molecular formula is C20H20FN3O6S. The van der Waals surface area contributed by atoms with Gasteiger partial charge in [-0.3, -0.25) is 9.36 Å². The zero-order valence-electron chi connectivity index (χ0n) is 16.7. The Balaban J connectivity index is 1.38. The summed E-state index contributed by atoms with van der Waals surface area (Å²) in [5, 5.41) is 0. The molecule has 11 heteroatoms. The van der Waals surface area contributed by atoms with Crippen LogP contribution in [0.1, 0.15) is 0 Å². The van der Waals surface area contributed by atoms with E-state index < -0.39 is 21.6 Å². The molecule has 9 nitrogen and oxygen atoms in total. The summed E-state index contributed by atoms with van der Waals surface area (Å²) in [5.74, 6) is -0.878. The highest BCUT2D eigenvalue weighted by Gasteiger charge is 2.30. The number of hydrogen-bond donors (Lipinski definition) is 0. The number of hydrogen-bond acceptors (Lipinski definition) is 6. The fourth-order valence-corrected chi connectivity index (χ4v) is 4.81. The number of amides is 1. The number of piperazine rings is 1. The Labute approximate surface area is 177 Å². The van der Waals surface area contributed by atoms with Gasteiger partial charge in [-0.05, 0) is 36.4 Å². The number of benzene rings is 2. The summed E-state index contributed by atoms with van der Waals surface area (Å²) in [6.45, 7) is 0.464. The van der Waals surface area contributed by atoms with Crippen LogP contribution in [0.4, 0.5) is 4.39 Å². The van der Waals surface area contributed by atoms with Crippen molar-refractivity contribution in [3.05, 3.63) is 58.8 Å². The van der Waals surface area contributed by atoms with E-state index in [1.165, 1.54) is 56.2 Å². The highest BCUT2D eigenvalue weighted by Crippen LogP contribution is 2.22. The Morgan fingerprint density at radius 3 is 2.45 bits per heavy atom. The van der Waals surface area contributed by atoms with E-state index in [0.717, 1.165) is 0 Å². The third-order valence-corrected chi connectivity index (χ3v) is 7.06. The average molecular weight is 449 g/mol. The molecule has 1 saturated heterocycles. The van der Waals surface area contributed by atoms with Crippen LogP contribution >= 0.6 is 0 Å². The van der Waals surface area contributed by atoms with Gasteiger partial charge in [0.15, 0.2) is 12.2 Å². The predicted octanol–water partition coefficient (Wildman–Crippen LogP) is 1.18. The number of rotatable bonds is 5. The molecule has 31 heavy (non-hydrogen) atoms. The van der Waals surface area contributed by atoms with Crippen molar-refractivity contribution >= 4 is 27.0 Å². The fourth-order valence-electron chi connectivity index (χ4n) is 3.37. The van der Waals surface area contributed by atoms with Crippen molar-refractivity contribution in [2.75, 3.05) is 32.8 Å². The molecule has 0 unspecified atom stereocenters. The van der Waals surface area contributed by atoms with Crippen LogP contribution in [0.15, 0.2) is 56.6 Å². The first-order chi connectivity index (χ1) is 14.8. The molecule has 0 spiro atoms. The van der Waals surface area contributed by atoms with Crippen molar-refractivity contribution in [3.63, 3.8) is 0 Å². The van der Waals surface area contributed by atoms with Gasteiger partial charge in [0.05, 0.1) is 10.4 Å². The molecule has 1 aliphatic rings. The minimum atomic E-state index is -3.81. The van der Waals surface area contributed by atoms with Crippen molar-refractivity contribution in [3.8, 4) is 5.75 Å². The first-order valence-corrected chi connectivity index (χ1v) is 11.0. The molecule has 4 rings (SSSR count). The quantitative estimate of drug-likeness (QED) is 0.580. The molecule has 0 atom stereocenters. The number of carbonyl (C=O) groups is 1. The first kappa shape index (κ1) is 21.1. The molecule has 0 saturated carbocycles. The fraction of sp³-hybridized carbons (Fsp3) is 0.300. The number of aromatic nitrogens is 1. The van der Waals surface area contributed by atoms with Crippen molar-refractivity contribution in [2.24, 2.45) is 7.05 Å². The number of nitrogens with zero attached hydrogens (tertiary/aromatic N) is 3. The predicted molar refractivity (Wildman–Crippen MR) is 109 cm³/mol. The molecule has 164 valence electrons. The maximum atomic E-state index is 13.0. The van der Waals surface area contributed by atoms with Gasteiger partial charge in [0.1, 0.15) is 11.6 Å². The number of halogens is 1. The molecule has 1 aromatic heterocycles. The lowest BCUT2D eigenvalue weighted by Crippen LogP contribution is -2.51. The smallest absolute Gasteiger partial charge is 0.419 e. The van der Waals surface area contributed by atoms with Gasteiger partial charge in [0.25, 0.3) is 5.91 Å². The van der Waals surface area contributed by atoms with Crippen molar-refractivity contribution in [1.29, 1.82) is 0 Å². The number of fused-ring (bicyclic) bond motifs is 1. The minimum absolute atomic E-state index is 0.0220. The third kappa shape index (κ3) is 4.19. The van der Waals surface area contributed by atoms with Gasteiger partial charge in [0, 0.05) is 39.3 Å². The van der Waals surface area contributed by atoms with E-state index in [1.807, 2.05) is 0 Å². The van der Waals surface area contributed by atoms with Crippen LogP contribution in [0.25, 0.3) is 11.1 Å². The van der Waals surface area contributed by atoms with Gasteiger partial charge in [-0.25, -0.2) is 17.6 Å². The molecule has 2 aromatic carbocycles. The normalized spacial score (nSPS) is 15.4. The molecule has 1 fully saturated rings. The van der Waals surface area contributed by atoms with E-state index in [9.17, 15) is 22.4 Å². The van der Waals surface area contributed by atoms with E-state index in [4.69, 9.17) is 9.15 Å². The highest BCUT2D eigenvalue weighted by atomic mass is 32.2. The summed E-state index contributed by atoms with van der Waals surface area (Å²) in [5.41, 5.74) is 0.695. The zero-order chi connectivity index (χ0) is 22.2. The summed E-state index contributed by atoms with van der Waals surface area (Å²) in [4.78, 5) is 25.5. The summed E-state index contributed by atoms with van der Waals surface area (Å²) in [7, 11) is -2.27. The van der Waals surface area contributed by atoms with Gasteiger partial charge in [-0.15, -0.1) is 0 Å². The molecule has 2 heterocycles. The zero-order valence-corrected chi connectivity index (χ0v) is 17.5. The van der Waals surface area contributed by atoms with Gasteiger partial charge in [-0.1, -0.05) is 0 Å². The van der Waals surface area contributed by atoms with Gasteiger partial charge >= 0.3 is 5.76 Å². The second-order valence-electron chi connectivity index (χ2n) is 7.08. The Kier molecular flexibility index (Phi) is 5.54. The van der Waals surface area contributed by atoms with E-state index in [-0.39, 0.29) is 49.2 Å². The lowest BCUT2D eigenvalue weighted by atomic mass is 10.3. The lowest BCUT2D eigenvalue weighted by molar-refractivity contribution is -0.134. The average Bonchev–Trinajstić information content (AvgIpc) is 3.06. The van der Waals surface area contributed by atoms with Crippen LogP contribution in [0, 0.1) is 5.82 Å². The number of ether oxygens (including phenoxy) is 1. The molecule has 0 bridgehead atoms. The lowest BCUT2D eigenvalue weighted by Gasteiger charge is -2.33. The standard InChI is InChI=1S/C20H20FN3O6S/c1-22-17-7-6-16(12-18(17)30-20(22)26)31(27,28)24-10-8-23(9-11-24)19(25)13-29-15-4-2-14(21)3-5-15/h2-7,12H,8-11,13H2,1H3. The maximum absolute atomic E-state index is 13.0. The van der Waals surface area contributed by atoms with E-state index in [1.54, 1.807) is 7.05 Å². The minimum Gasteiger partial charge on any atom is -0.484 e. The second kappa shape index (κ2) is 8.16. The first-order valence-electron chi connectivity index (χ1n) is 9.51. The number of carbonyl (C=O) groups excluding carboxylic acids is 1. The monoisotopic (exact) mass is 449 g/mol. The highest BCUT2D eigenvalue weighted by molar-refractivity contribution is 7.89. The SMILES string of the molecule is Cn1c(=O)oc2cc(S(=O)(=O)N3CCN(C(=O)COc4ccc(F)cc4)CC3)ccc21. The topological polar surface area (TPSA) is 102 Å². The Morgan fingerprint density at radius 1 is 1.10 bits per heavy atom. The van der Waals surface area contributed by atoms with Gasteiger partial charge in [-0.2, -0.15) is 4.31 Å². The van der Waals surface area contributed by atoms with E-state index in [2.05, 4.69) is 0 Å². The van der Waals surface area contributed by atoms with Gasteiger partial charge in [0.2, 0.25) is 10.0 Å². The van der Waals surface area contributed by atoms with Crippen molar-refractivity contribution in [2.45, 2.75) is 4.90 Å². The third-order valence-electron chi connectivity index (χ3n) is 5.17. The van der Waals surface area contributed by atoms with Crippen LogP contribution < -0.4 is 10.5 Å². The second-order valence-corrected chi connectivity index (χ2v) is 9.02. The van der Waals surface area contributed by atoms with E-state index >= 15 is 0 Å². The maximum Gasteiger partial charge on any atom is 0.419 e. The van der Waals surface area contributed by atoms with Crippen molar-refractivity contribution in [1.82, 2.24) is 13.8 Å². The van der Waals surface area contributed by atoms with E-state index in [0.29, 0.717) is 11.3 Å². The molecule has 3 aromatic rings. The number of aryl methyl sites for hydroxylation is 1. The van der Waals surface area contributed by atoms with Crippen LogP contribution in [-0.2, 0) is 21.9 Å².